The van der Waals surface area contributed by atoms with Crippen LogP contribution in [0.1, 0.15) is 52.7 Å². The first kappa shape index (κ1) is 69.4. The van der Waals surface area contributed by atoms with Crippen molar-refractivity contribution in [1.29, 1.82) is 0 Å². The van der Waals surface area contributed by atoms with Gasteiger partial charge < -0.3 is 14.4 Å². The molecular formula is C110H84BN3. The molecule has 18 aromatic rings. The zero-order chi connectivity index (χ0) is 76.8. The molecule has 0 radical (unpaired) electrons. The van der Waals surface area contributed by atoms with E-state index in [0.29, 0.717) is 0 Å². The second-order valence-corrected chi connectivity index (χ2v) is 32.8. The summed E-state index contributed by atoms with van der Waals surface area (Å²) >= 11 is 0. The van der Waals surface area contributed by atoms with Gasteiger partial charge in [-0.2, -0.15) is 0 Å². The number of benzene rings is 17. The number of anilines is 6. The Morgan fingerprint density at radius 3 is 0.763 bits per heavy atom. The van der Waals surface area contributed by atoms with E-state index in [1.165, 1.54) is 60.5 Å². The predicted molar refractivity (Wildman–Crippen MR) is 487 cm³/mol. The summed E-state index contributed by atoms with van der Waals surface area (Å²) in [7, 11) is 0. The standard InChI is InChI=1S/C110H84BN3/c1-109(2,3)89-55-59-100-96(69-89)97-70-90(110(4,5)6)56-60-101(97)112(100)91-71-104-106-105(72-91)114(108-94(79-45-27-13-28-46-79)51-32-52-95(108)80-47-29-14-30-48-80)103-68-82(88-65-85(75-37-19-9-20-38-75)62-86(66-88)76-39-21-10-22-40-76)54-58-99(103)111(106)98-57-53-81(87-63-83(73-33-15-7-16-34-73)61-84(64-87)74-35-17-8-18-36-74)67-102(98)113(104)107-92(77-41-23-11-24-42-77)49-31-50-93(107)78-43-25-12-26-44-78/h7-72H,1-6H3. The minimum absolute atomic E-state index is 0.113. The quantitative estimate of drug-likeness (QED) is 0.107. The van der Waals surface area contributed by atoms with Crippen molar-refractivity contribution in [3.63, 3.8) is 0 Å². The number of fused-ring (bicyclic) bond motifs is 7. The molecule has 3 nitrogen and oxygen atoms in total. The number of nitrogens with zero attached hydrogens (tertiary/aromatic N) is 3. The van der Waals surface area contributed by atoms with Crippen LogP contribution in [0.3, 0.4) is 0 Å². The molecule has 17 aromatic carbocycles. The van der Waals surface area contributed by atoms with Crippen molar-refractivity contribution in [3.8, 4) is 117 Å². The van der Waals surface area contributed by atoms with Crippen LogP contribution < -0.4 is 26.2 Å². The van der Waals surface area contributed by atoms with E-state index in [4.69, 9.17) is 0 Å². The Hall–Kier alpha value is -13.8. The zero-order valence-electron chi connectivity index (χ0n) is 65.0. The topological polar surface area (TPSA) is 11.4 Å². The maximum Gasteiger partial charge on any atom is 0.252 e. The van der Waals surface area contributed by atoms with Crippen LogP contribution >= 0.6 is 0 Å². The SMILES string of the molecule is CC(C)(C)c1ccc2c(c1)c1cc(C(C)(C)C)ccc1n2-c1cc2c3c(c1)N(c1c(-c4ccccc4)cccc1-c1ccccc1)c1cc(-c4cc(-c5ccccc5)cc(-c5ccccc5)c4)ccc1B3c1ccc(-c3cc(-c4ccccc4)cc(-c4ccccc4)c3)cc1N2c1c(-c2ccccc2)cccc1-c1ccccc1. The van der Waals surface area contributed by atoms with Crippen molar-refractivity contribution in [3.05, 3.63) is 412 Å². The first-order valence-corrected chi connectivity index (χ1v) is 40.0. The fraction of sp³-hybridized carbons (Fsp3) is 0.0727. The average Bonchev–Trinajstić information content (AvgIpc) is 0.803. The molecule has 0 atom stereocenters. The number of hydrogen-bond donors (Lipinski definition) is 0. The number of rotatable bonds is 13. The number of aromatic nitrogens is 1. The van der Waals surface area contributed by atoms with Crippen LogP contribution in [-0.4, -0.2) is 11.3 Å². The Labute approximate surface area is 669 Å². The van der Waals surface area contributed by atoms with Crippen LogP contribution in [0.5, 0.6) is 0 Å². The molecule has 2 aliphatic rings. The Balaban J connectivity index is 0.971. The summed E-state index contributed by atoms with van der Waals surface area (Å²) in [5, 5.41) is 2.46. The maximum atomic E-state index is 2.71. The Bertz CT molecular complexity index is 6070. The van der Waals surface area contributed by atoms with Gasteiger partial charge >= 0.3 is 0 Å². The summed E-state index contributed by atoms with van der Waals surface area (Å²) in [5.41, 5.74) is 38.7. The Morgan fingerprint density at radius 1 is 0.211 bits per heavy atom. The Morgan fingerprint density at radius 2 is 0.482 bits per heavy atom. The van der Waals surface area contributed by atoms with Gasteiger partial charge in [0.05, 0.1) is 28.1 Å². The highest BCUT2D eigenvalue weighted by Gasteiger charge is 2.46. The molecule has 0 N–H and O–H groups in total. The fourth-order valence-electron chi connectivity index (χ4n) is 17.9. The van der Waals surface area contributed by atoms with E-state index in [0.717, 1.165) is 140 Å². The molecule has 114 heavy (non-hydrogen) atoms. The lowest BCUT2D eigenvalue weighted by molar-refractivity contribution is 0.590. The third-order valence-corrected chi connectivity index (χ3v) is 23.6. The molecule has 0 saturated carbocycles. The van der Waals surface area contributed by atoms with Crippen LogP contribution in [0, 0.1) is 0 Å². The van der Waals surface area contributed by atoms with E-state index in [2.05, 4.69) is 456 Å². The predicted octanol–water partition coefficient (Wildman–Crippen LogP) is 28.1. The fourth-order valence-corrected chi connectivity index (χ4v) is 17.9. The molecule has 0 fully saturated rings. The zero-order valence-corrected chi connectivity index (χ0v) is 65.0. The van der Waals surface area contributed by atoms with Gasteiger partial charge in [-0.25, -0.2) is 0 Å². The smallest absolute Gasteiger partial charge is 0.252 e. The highest BCUT2D eigenvalue weighted by Crippen LogP contribution is 2.55. The van der Waals surface area contributed by atoms with E-state index < -0.39 is 0 Å². The lowest BCUT2D eigenvalue weighted by Gasteiger charge is -2.46. The van der Waals surface area contributed by atoms with Crippen molar-refractivity contribution < 1.29 is 0 Å². The van der Waals surface area contributed by atoms with Crippen LogP contribution in [0.4, 0.5) is 34.1 Å². The molecule has 0 spiro atoms. The minimum atomic E-state index is -0.300. The molecular weight excluding hydrogens is 1370 g/mol. The highest BCUT2D eigenvalue weighted by molar-refractivity contribution is 7.00. The lowest BCUT2D eigenvalue weighted by Crippen LogP contribution is -2.61. The van der Waals surface area contributed by atoms with Crippen LogP contribution in [-0.2, 0) is 10.8 Å². The third-order valence-electron chi connectivity index (χ3n) is 23.6. The second-order valence-electron chi connectivity index (χ2n) is 32.8. The monoisotopic (exact) mass is 1460 g/mol. The van der Waals surface area contributed by atoms with Crippen LogP contribution in [0.15, 0.2) is 400 Å². The van der Waals surface area contributed by atoms with Gasteiger partial charge in [0, 0.05) is 55.8 Å². The first-order valence-electron chi connectivity index (χ1n) is 40.0. The molecule has 1 aromatic heterocycles. The van der Waals surface area contributed by atoms with Gasteiger partial charge in [0.1, 0.15) is 0 Å². The van der Waals surface area contributed by atoms with Gasteiger partial charge in [0.25, 0.3) is 6.71 Å². The normalized spacial score (nSPS) is 12.4. The van der Waals surface area contributed by atoms with E-state index in [9.17, 15) is 0 Å². The average molecular weight is 1460 g/mol. The maximum absolute atomic E-state index is 2.71. The van der Waals surface area contributed by atoms with Gasteiger partial charge in [-0.15, -0.1) is 0 Å². The molecule has 4 heteroatoms. The number of hydrogen-bond acceptors (Lipinski definition) is 2. The third kappa shape index (κ3) is 12.3. The van der Waals surface area contributed by atoms with Gasteiger partial charge in [0.15, 0.2) is 0 Å². The summed E-state index contributed by atoms with van der Waals surface area (Å²) < 4.78 is 2.60. The molecule has 542 valence electrons. The minimum Gasteiger partial charge on any atom is -0.310 e. The molecule has 0 saturated heterocycles. The highest BCUT2D eigenvalue weighted by atomic mass is 15.2. The van der Waals surface area contributed by atoms with Crippen LogP contribution in [0.25, 0.3) is 139 Å². The van der Waals surface area contributed by atoms with E-state index in [-0.39, 0.29) is 17.5 Å². The summed E-state index contributed by atoms with van der Waals surface area (Å²) in [6, 6.07) is 151. The van der Waals surface area contributed by atoms with Crippen molar-refractivity contribution in [2.75, 3.05) is 9.80 Å². The van der Waals surface area contributed by atoms with Crippen LogP contribution in [0.2, 0.25) is 0 Å². The molecule has 3 heterocycles. The molecule has 0 unspecified atom stereocenters. The van der Waals surface area contributed by atoms with Crippen molar-refractivity contribution in [2.24, 2.45) is 0 Å². The summed E-state index contributed by atoms with van der Waals surface area (Å²) in [6.45, 7) is 13.7. The first-order chi connectivity index (χ1) is 55.8. The van der Waals surface area contributed by atoms with Gasteiger partial charge in [-0.3, -0.25) is 0 Å². The molecule has 0 amide bonds. The largest absolute Gasteiger partial charge is 0.310 e. The lowest BCUT2D eigenvalue weighted by atomic mass is 9.33. The molecule has 0 aliphatic carbocycles. The second kappa shape index (κ2) is 28.2. The van der Waals surface area contributed by atoms with Gasteiger partial charge in [-0.05, 0) is 212 Å². The number of para-hydroxylation sites is 2. The van der Waals surface area contributed by atoms with Gasteiger partial charge in [-0.1, -0.05) is 357 Å². The van der Waals surface area contributed by atoms with E-state index >= 15 is 0 Å². The molecule has 0 bridgehead atoms. The summed E-state index contributed by atoms with van der Waals surface area (Å²) in [4.78, 5) is 5.42. The van der Waals surface area contributed by atoms with E-state index in [1.807, 2.05) is 0 Å². The molecule has 20 rings (SSSR count). The van der Waals surface area contributed by atoms with Crippen molar-refractivity contribution in [1.82, 2.24) is 4.57 Å². The Kier molecular flexibility index (Phi) is 17.2. The summed E-state index contributed by atoms with van der Waals surface area (Å²) in [6.07, 6.45) is 0. The summed E-state index contributed by atoms with van der Waals surface area (Å²) in [5.74, 6) is 0. The van der Waals surface area contributed by atoms with Gasteiger partial charge in [0.2, 0.25) is 0 Å². The van der Waals surface area contributed by atoms with Crippen molar-refractivity contribution >= 4 is 79.0 Å². The molecule has 2 aliphatic heterocycles. The van der Waals surface area contributed by atoms with Crippen molar-refractivity contribution in [2.45, 2.75) is 52.4 Å². The van der Waals surface area contributed by atoms with E-state index in [1.54, 1.807) is 0 Å².